The molecule has 7 heteroatoms. The zero-order valence-corrected chi connectivity index (χ0v) is 11.4. The number of nitrogens with two attached hydrogens (primary N) is 1. The number of amidine groups is 1. The number of oxime groups is 1. The van der Waals surface area contributed by atoms with Crippen LogP contribution in [0.2, 0.25) is 0 Å². The van der Waals surface area contributed by atoms with E-state index in [1.807, 2.05) is 0 Å². The van der Waals surface area contributed by atoms with E-state index in [2.05, 4.69) is 10.5 Å². The van der Waals surface area contributed by atoms with Gasteiger partial charge in [-0.15, -0.1) is 0 Å². The van der Waals surface area contributed by atoms with Crippen LogP contribution >= 0.6 is 0 Å². The molecule has 20 heavy (non-hydrogen) atoms. The molecule has 0 bridgehead atoms. The van der Waals surface area contributed by atoms with Crippen molar-refractivity contribution in [3.63, 3.8) is 0 Å². The predicted octanol–water partition coefficient (Wildman–Crippen LogP) is 3.07. The van der Waals surface area contributed by atoms with Crippen LogP contribution in [0.25, 0.3) is 0 Å². The molecule has 0 heterocycles. The summed E-state index contributed by atoms with van der Waals surface area (Å²) in [6, 6.07) is 2.00. The van der Waals surface area contributed by atoms with E-state index in [4.69, 9.17) is 10.9 Å². The Labute approximate surface area is 115 Å². The van der Waals surface area contributed by atoms with Crippen molar-refractivity contribution < 1.29 is 18.4 Å². The fourth-order valence-corrected chi connectivity index (χ4v) is 1.68. The molecule has 0 saturated carbocycles. The first kappa shape index (κ1) is 16.1. The van der Waals surface area contributed by atoms with Crippen LogP contribution in [-0.2, 0) is 0 Å². The lowest BCUT2D eigenvalue weighted by Gasteiger charge is -2.22. The zero-order chi connectivity index (χ0) is 15.3. The molecule has 0 spiro atoms. The molecule has 0 aliphatic rings. The molecule has 112 valence electrons. The summed E-state index contributed by atoms with van der Waals surface area (Å²) in [6.45, 7) is 3.96. The predicted molar refractivity (Wildman–Crippen MR) is 71.2 cm³/mol. The fraction of sp³-hybridized carbons (Fsp3) is 0.462. The quantitative estimate of drug-likeness (QED) is 0.188. The Morgan fingerprint density at radius 1 is 1.30 bits per heavy atom. The second-order valence-electron chi connectivity index (χ2n) is 5.12. The average Bonchev–Trinajstić information content (AvgIpc) is 2.42. The Hall–Kier alpha value is -1.92. The molecule has 1 rings (SSSR count). The largest absolute Gasteiger partial charge is 0.409 e. The molecule has 0 atom stereocenters. The smallest absolute Gasteiger partial charge is 0.196 e. The van der Waals surface area contributed by atoms with Gasteiger partial charge >= 0.3 is 0 Å². The number of nitrogens with zero attached hydrogens (tertiary/aromatic N) is 1. The van der Waals surface area contributed by atoms with Crippen molar-refractivity contribution in [2.75, 3.05) is 11.9 Å². The number of nitrogens with one attached hydrogen (secondary N) is 1. The first-order valence-electron chi connectivity index (χ1n) is 6.15. The van der Waals surface area contributed by atoms with Crippen LogP contribution in [0.5, 0.6) is 0 Å². The van der Waals surface area contributed by atoms with Crippen LogP contribution < -0.4 is 11.1 Å². The summed E-state index contributed by atoms with van der Waals surface area (Å²) in [7, 11) is 0. The van der Waals surface area contributed by atoms with Crippen LogP contribution in [0, 0.1) is 22.9 Å². The Kier molecular flexibility index (Phi) is 5.24. The van der Waals surface area contributed by atoms with Gasteiger partial charge in [-0.2, -0.15) is 0 Å². The van der Waals surface area contributed by atoms with Crippen molar-refractivity contribution >= 4 is 11.5 Å². The SMILES string of the molecule is CC(C)(CCCNc1ccc(F)c(F)c1F)C(N)=NO. The molecule has 0 amide bonds. The normalized spacial score (nSPS) is 12.6. The van der Waals surface area contributed by atoms with Crippen molar-refractivity contribution in [3.05, 3.63) is 29.6 Å². The summed E-state index contributed by atoms with van der Waals surface area (Å²) in [4.78, 5) is 0. The third kappa shape index (κ3) is 3.79. The number of benzene rings is 1. The standard InChI is InChI=1S/C13H18F3N3O/c1-13(2,12(17)19-20)6-3-7-18-9-5-4-8(14)10(15)11(9)16/h4-5,18,20H,3,6-7H2,1-2H3,(H2,17,19). The molecule has 0 saturated heterocycles. The van der Waals surface area contributed by atoms with Crippen LogP contribution in [0.3, 0.4) is 0 Å². The first-order chi connectivity index (χ1) is 9.29. The van der Waals surface area contributed by atoms with E-state index >= 15 is 0 Å². The molecule has 4 N–H and O–H groups in total. The highest BCUT2D eigenvalue weighted by Crippen LogP contribution is 2.23. The van der Waals surface area contributed by atoms with Crippen molar-refractivity contribution in [1.29, 1.82) is 0 Å². The minimum atomic E-state index is -1.49. The van der Waals surface area contributed by atoms with Gasteiger partial charge in [-0.3, -0.25) is 0 Å². The summed E-state index contributed by atoms with van der Waals surface area (Å²) in [6.07, 6.45) is 1.17. The second-order valence-corrected chi connectivity index (χ2v) is 5.12. The molecule has 0 aliphatic carbocycles. The Morgan fingerprint density at radius 3 is 2.55 bits per heavy atom. The lowest BCUT2D eigenvalue weighted by atomic mass is 9.86. The fourth-order valence-electron chi connectivity index (χ4n) is 1.68. The molecule has 0 radical (unpaired) electrons. The van der Waals surface area contributed by atoms with Gasteiger partial charge in [0.1, 0.15) is 5.84 Å². The summed E-state index contributed by atoms with van der Waals surface area (Å²) in [5, 5.41) is 14.3. The molecule has 0 aromatic heterocycles. The first-order valence-corrected chi connectivity index (χ1v) is 6.15. The molecule has 0 fully saturated rings. The van der Waals surface area contributed by atoms with Crippen LogP contribution in [-0.4, -0.2) is 17.6 Å². The maximum Gasteiger partial charge on any atom is 0.196 e. The van der Waals surface area contributed by atoms with Gasteiger partial charge in [-0.1, -0.05) is 19.0 Å². The molecule has 1 aromatic carbocycles. The van der Waals surface area contributed by atoms with Crippen LogP contribution in [0.4, 0.5) is 18.9 Å². The highest BCUT2D eigenvalue weighted by atomic mass is 19.2. The van der Waals surface area contributed by atoms with Crippen molar-refractivity contribution in [2.24, 2.45) is 16.3 Å². The maximum absolute atomic E-state index is 13.4. The van der Waals surface area contributed by atoms with Crippen molar-refractivity contribution in [2.45, 2.75) is 26.7 Å². The van der Waals surface area contributed by atoms with E-state index < -0.39 is 22.9 Å². The van der Waals surface area contributed by atoms with E-state index in [9.17, 15) is 13.2 Å². The lowest BCUT2D eigenvalue weighted by Crippen LogP contribution is -2.32. The third-order valence-corrected chi connectivity index (χ3v) is 3.13. The number of hydrogen-bond acceptors (Lipinski definition) is 3. The van der Waals surface area contributed by atoms with Crippen LogP contribution in [0.15, 0.2) is 17.3 Å². The van der Waals surface area contributed by atoms with E-state index in [1.54, 1.807) is 13.8 Å². The van der Waals surface area contributed by atoms with Gasteiger partial charge in [0.2, 0.25) is 0 Å². The molecular weight excluding hydrogens is 271 g/mol. The number of halogens is 3. The molecule has 0 aliphatic heterocycles. The van der Waals surface area contributed by atoms with E-state index in [-0.39, 0.29) is 11.5 Å². The minimum Gasteiger partial charge on any atom is -0.409 e. The zero-order valence-electron chi connectivity index (χ0n) is 11.4. The highest BCUT2D eigenvalue weighted by molar-refractivity contribution is 5.85. The molecule has 0 unspecified atom stereocenters. The molecular formula is C13H18F3N3O. The Bertz CT molecular complexity index is 504. The Morgan fingerprint density at radius 2 is 1.95 bits per heavy atom. The number of hydrogen-bond donors (Lipinski definition) is 3. The minimum absolute atomic E-state index is 0.0921. The van der Waals surface area contributed by atoms with Gasteiger partial charge in [0.25, 0.3) is 0 Å². The van der Waals surface area contributed by atoms with E-state index in [0.29, 0.717) is 19.4 Å². The average molecular weight is 289 g/mol. The second kappa shape index (κ2) is 6.49. The monoisotopic (exact) mass is 289 g/mol. The van der Waals surface area contributed by atoms with Gasteiger partial charge < -0.3 is 16.3 Å². The summed E-state index contributed by atoms with van der Waals surface area (Å²) in [5.41, 5.74) is 4.94. The lowest BCUT2D eigenvalue weighted by molar-refractivity contribution is 0.305. The maximum atomic E-state index is 13.4. The highest BCUT2D eigenvalue weighted by Gasteiger charge is 2.22. The van der Waals surface area contributed by atoms with Gasteiger partial charge in [0.15, 0.2) is 17.5 Å². The number of rotatable bonds is 6. The summed E-state index contributed by atoms with van der Waals surface area (Å²) >= 11 is 0. The summed E-state index contributed by atoms with van der Waals surface area (Å²) < 4.78 is 39.1. The van der Waals surface area contributed by atoms with Gasteiger partial charge in [0.05, 0.1) is 5.69 Å². The molecule has 4 nitrogen and oxygen atoms in total. The van der Waals surface area contributed by atoms with Crippen molar-refractivity contribution in [3.8, 4) is 0 Å². The van der Waals surface area contributed by atoms with E-state index in [1.165, 1.54) is 0 Å². The number of anilines is 1. The third-order valence-electron chi connectivity index (χ3n) is 3.13. The summed E-state index contributed by atoms with van der Waals surface area (Å²) in [5.74, 6) is -3.84. The molecule has 1 aromatic rings. The van der Waals surface area contributed by atoms with Gasteiger partial charge in [-0.05, 0) is 25.0 Å². The topological polar surface area (TPSA) is 70.6 Å². The van der Waals surface area contributed by atoms with Crippen LogP contribution in [0.1, 0.15) is 26.7 Å². The van der Waals surface area contributed by atoms with Gasteiger partial charge in [-0.25, -0.2) is 13.2 Å². The van der Waals surface area contributed by atoms with Gasteiger partial charge in [0, 0.05) is 12.0 Å². The van der Waals surface area contributed by atoms with E-state index in [0.717, 1.165) is 12.1 Å². The Balaban J connectivity index is 2.52. The van der Waals surface area contributed by atoms with Crippen molar-refractivity contribution in [1.82, 2.24) is 0 Å².